The van der Waals surface area contributed by atoms with Crippen molar-refractivity contribution in [2.24, 2.45) is 0 Å². The number of thioether (sulfide) groups is 1. The number of benzene rings is 1. The highest BCUT2D eigenvalue weighted by atomic mass is 32.2. The standard InChI is InChI=1S/C22H16N4OS/c23-15-5-11(27)6-17-20(15)19-14-8-24-7-13(14)18-12-3-1-2-4-16(12)25-9-28-10-26(17)22(19)21(18)25/h1,3-4,6-8,23-24H,2,5,9-10H2. The molecule has 5 nitrogen and oxygen atoms in total. The lowest BCUT2D eigenvalue weighted by Crippen LogP contribution is -2.28. The van der Waals surface area contributed by atoms with Gasteiger partial charge in [-0.2, -0.15) is 0 Å². The molecule has 2 N–H and O–H groups in total. The minimum Gasteiger partial charge on any atom is -0.366 e. The van der Waals surface area contributed by atoms with Gasteiger partial charge in [-0.1, -0.05) is 18.2 Å². The minimum absolute atomic E-state index is 0.0262. The second-order valence-electron chi connectivity index (χ2n) is 7.72. The van der Waals surface area contributed by atoms with Gasteiger partial charge >= 0.3 is 0 Å². The maximum Gasteiger partial charge on any atom is 0.163 e. The van der Waals surface area contributed by atoms with E-state index in [1.54, 1.807) is 6.08 Å². The van der Waals surface area contributed by atoms with E-state index >= 15 is 0 Å². The molecule has 4 heterocycles. The number of allylic oxidation sites excluding steroid dienone is 1. The number of aromatic amines is 1. The largest absolute Gasteiger partial charge is 0.366 e. The van der Waals surface area contributed by atoms with Crippen LogP contribution in [0.5, 0.6) is 0 Å². The van der Waals surface area contributed by atoms with Crippen molar-refractivity contribution in [1.29, 1.82) is 5.41 Å². The van der Waals surface area contributed by atoms with Gasteiger partial charge in [-0.3, -0.25) is 4.79 Å². The fourth-order valence-electron chi connectivity index (χ4n) is 5.27. The number of carbonyl (C=O) groups is 1. The number of aromatic nitrogens is 3. The lowest BCUT2D eigenvalue weighted by atomic mass is 9.94. The minimum atomic E-state index is 0.0262. The summed E-state index contributed by atoms with van der Waals surface area (Å²) in [4.78, 5) is 15.6. The van der Waals surface area contributed by atoms with E-state index in [0.717, 1.165) is 39.9 Å². The Morgan fingerprint density at radius 1 is 1.04 bits per heavy atom. The normalized spacial score (nSPS) is 17.9. The third-order valence-electron chi connectivity index (χ3n) is 6.28. The van der Waals surface area contributed by atoms with Gasteiger partial charge in [-0.25, -0.2) is 0 Å². The zero-order valence-corrected chi connectivity index (χ0v) is 15.8. The first-order valence-corrected chi connectivity index (χ1v) is 10.6. The maximum absolute atomic E-state index is 12.3. The summed E-state index contributed by atoms with van der Waals surface area (Å²) in [6.07, 6.45) is 13.8. The smallest absolute Gasteiger partial charge is 0.163 e. The van der Waals surface area contributed by atoms with Crippen LogP contribution in [0.3, 0.4) is 0 Å². The molecule has 0 atom stereocenters. The van der Waals surface area contributed by atoms with Gasteiger partial charge in [0.2, 0.25) is 0 Å². The number of rotatable bonds is 0. The van der Waals surface area contributed by atoms with Gasteiger partial charge in [0.25, 0.3) is 0 Å². The molecule has 0 unspecified atom stereocenters. The van der Waals surface area contributed by atoms with Crippen LogP contribution in [0, 0.1) is 5.41 Å². The average Bonchev–Trinajstić information content (AvgIpc) is 3.31. The molecule has 0 amide bonds. The quantitative estimate of drug-likeness (QED) is 0.489. The summed E-state index contributed by atoms with van der Waals surface area (Å²) in [6.45, 7) is 0. The lowest BCUT2D eigenvalue weighted by Gasteiger charge is -2.09. The Balaban J connectivity index is 1.91. The maximum atomic E-state index is 12.3. The van der Waals surface area contributed by atoms with E-state index in [2.05, 4.69) is 44.7 Å². The van der Waals surface area contributed by atoms with Crippen LogP contribution in [-0.4, -0.2) is 25.6 Å². The van der Waals surface area contributed by atoms with Crippen LogP contribution in [0.1, 0.15) is 24.0 Å². The Kier molecular flexibility index (Phi) is 2.62. The molecular weight excluding hydrogens is 368 g/mol. The fraction of sp³-hybridized carbons (Fsp3) is 0.182. The Labute approximate surface area is 163 Å². The molecule has 3 aliphatic rings. The summed E-state index contributed by atoms with van der Waals surface area (Å²) >= 11 is 1.86. The molecule has 136 valence electrons. The average molecular weight is 384 g/mol. The molecule has 6 heteroatoms. The summed E-state index contributed by atoms with van der Waals surface area (Å²) in [7, 11) is 0. The first kappa shape index (κ1) is 15.0. The second kappa shape index (κ2) is 4.89. The predicted molar refractivity (Wildman–Crippen MR) is 115 cm³/mol. The third-order valence-corrected chi connectivity index (χ3v) is 7.16. The summed E-state index contributed by atoms with van der Waals surface area (Å²) in [6, 6.07) is 0. The summed E-state index contributed by atoms with van der Waals surface area (Å²) in [5, 5.41) is 15.6. The van der Waals surface area contributed by atoms with Crippen molar-refractivity contribution in [1.82, 2.24) is 14.1 Å². The van der Waals surface area contributed by atoms with Crippen molar-refractivity contribution in [3.8, 4) is 0 Å². The van der Waals surface area contributed by atoms with Crippen molar-refractivity contribution in [2.75, 3.05) is 0 Å². The molecule has 4 aromatic rings. The molecule has 28 heavy (non-hydrogen) atoms. The monoisotopic (exact) mass is 384 g/mol. The van der Waals surface area contributed by atoms with E-state index in [1.807, 2.05) is 11.8 Å². The topological polar surface area (TPSA) is 66.6 Å². The Bertz CT molecular complexity index is 1570. The Morgan fingerprint density at radius 3 is 2.64 bits per heavy atom. The first-order chi connectivity index (χ1) is 13.7. The van der Waals surface area contributed by atoms with E-state index < -0.39 is 0 Å². The van der Waals surface area contributed by atoms with E-state index in [4.69, 9.17) is 5.41 Å². The molecule has 1 aromatic carbocycles. The van der Waals surface area contributed by atoms with Gasteiger partial charge in [0.05, 0.1) is 34.6 Å². The highest BCUT2D eigenvalue weighted by Gasteiger charge is 2.29. The van der Waals surface area contributed by atoms with Crippen molar-refractivity contribution in [3.63, 3.8) is 0 Å². The van der Waals surface area contributed by atoms with Crippen LogP contribution in [0.2, 0.25) is 0 Å². The lowest BCUT2D eigenvalue weighted by molar-refractivity contribution is -0.112. The molecule has 0 radical (unpaired) electrons. The third kappa shape index (κ3) is 1.58. The SMILES string of the molecule is N=C1CC(=O)C=c2c1c1c3c[nH]cc3c3c4c(n5c3c1n2CSC5)=CCC=C4. The first-order valence-electron chi connectivity index (χ1n) is 9.47. The molecule has 2 aliphatic carbocycles. The van der Waals surface area contributed by atoms with Crippen LogP contribution in [0.15, 0.2) is 18.5 Å². The molecule has 0 spiro atoms. The van der Waals surface area contributed by atoms with Crippen LogP contribution >= 0.6 is 11.8 Å². The van der Waals surface area contributed by atoms with Gasteiger partial charge < -0.3 is 19.5 Å². The molecule has 0 fully saturated rings. The number of hydrogen-bond donors (Lipinski definition) is 2. The zero-order valence-electron chi connectivity index (χ0n) is 15.0. The highest BCUT2D eigenvalue weighted by molar-refractivity contribution is 7.97. The van der Waals surface area contributed by atoms with Crippen LogP contribution in [0.4, 0.5) is 0 Å². The number of nitrogens with one attached hydrogen (secondary N) is 2. The van der Waals surface area contributed by atoms with Gasteiger partial charge in [0.15, 0.2) is 5.78 Å². The highest BCUT2D eigenvalue weighted by Crippen LogP contribution is 2.41. The Morgan fingerprint density at radius 2 is 1.79 bits per heavy atom. The number of H-pyrrole nitrogens is 1. The van der Waals surface area contributed by atoms with E-state index in [-0.39, 0.29) is 12.2 Å². The number of nitrogens with zero attached hydrogens (tertiary/aromatic N) is 2. The van der Waals surface area contributed by atoms with E-state index in [9.17, 15) is 4.79 Å². The molecule has 3 aromatic heterocycles. The van der Waals surface area contributed by atoms with Crippen LogP contribution in [0.25, 0.3) is 50.8 Å². The molecule has 1 aliphatic heterocycles. The van der Waals surface area contributed by atoms with Crippen LogP contribution < -0.4 is 10.7 Å². The number of carbonyl (C=O) groups excluding carboxylic acids is 1. The van der Waals surface area contributed by atoms with Gasteiger partial charge in [-0.05, 0) is 6.42 Å². The Hall–Kier alpha value is -2.99. The van der Waals surface area contributed by atoms with Gasteiger partial charge in [-0.15, -0.1) is 11.8 Å². The predicted octanol–water partition coefficient (Wildman–Crippen LogP) is 3.06. The van der Waals surface area contributed by atoms with Crippen LogP contribution in [-0.2, 0) is 16.5 Å². The number of Topliss-reactive ketones (excluding diaryl/α,β-unsaturated/α-hetero) is 1. The zero-order chi connectivity index (χ0) is 18.6. The van der Waals surface area contributed by atoms with Crippen molar-refractivity contribution in [3.05, 3.63) is 40.3 Å². The molecule has 7 rings (SSSR count). The van der Waals surface area contributed by atoms with Gasteiger partial charge in [0, 0.05) is 62.2 Å². The van der Waals surface area contributed by atoms with E-state index in [0.29, 0.717) is 5.71 Å². The van der Waals surface area contributed by atoms with Crippen molar-refractivity contribution in [2.45, 2.75) is 24.6 Å². The van der Waals surface area contributed by atoms with Crippen molar-refractivity contribution >= 4 is 74.1 Å². The molecule has 0 bridgehead atoms. The number of fused-ring (bicyclic) bond motifs is 9. The second-order valence-corrected chi connectivity index (χ2v) is 8.64. The summed E-state index contributed by atoms with van der Waals surface area (Å²) in [5.41, 5.74) is 5.07. The molecular formula is C22H16N4OS. The summed E-state index contributed by atoms with van der Waals surface area (Å²) < 4.78 is 4.71. The molecule has 0 saturated heterocycles. The molecule has 0 saturated carbocycles. The fourth-order valence-corrected chi connectivity index (χ4v) is 6.25. The number of hydrogen-bond acceptors (Lipinski definition) is 3. The van der Waals surface area contributed by atoms with E-state index in [1.165, 1.54) is 32.7 Å². The van der Waals surface area contributed by atoms with Crippen molar-refractivity contribution < 1.29 is 4.79 Å². The summed E-state index contributed by atoms with van der Waals surface area (Å²) in [5.74, 6) is 1.71. The number of ketones is 1. The van der Waals surface area contributed by atoms with Gasteiger partial charge in [0.1, 0.15) is 0 Å².